The van der Waals surface area contributed by atoms with Gasteiger partial charge < -0.3 is 9.47 Å². The highest BCUT2D eigenvalue weighted by Gasteiger charge is 2.28. The van der Waals surface area contributed by atoms with E-state index in [1.165, 1.54) is 6.07 Å². The van der Waals surface area contributed by atoms with Gasteiger partial charge in [-0.25, -0.2) is 0 Å². The van der Waals surface area contributed by atoms with Crippen LogP contribution in [-0.2, 0) is 6.61 Å². The molecule has 1 aromatic carbocycles. The van der Waals surface area contributed by atoms with Crippen LogP contribution in [0.4, 0.5) is 0 Å². The standard InChI is InChI=1S/C23H24ClN3O3/c1-2-11-26-12-10-23(26)30-20-7-5-19(6-8-20)27-13-9-21(14-22(27)28)29-16-18-4-3-17(24)15-25-18/h3-9,13-15,23H,2,10-12,16H2,1H3. The average molecular weight is 426 g/mol. The number of ether oxygens (including phenoxy) is 2. The van der Waals surface area contributed by atoms with Crippen molar-refractivity contribution in [2.24, 2.45) is 0 Å². The molecule has 0 radical (unpaired) electrons. The Morgan fingerprint density at radius 2 is 1.97 bits per heavy atom. The van der Waals surface area contributed by atoms with Crippen LogP contribution in [-0.4, -0.2) is 33.8 Å². The third kappa shape index (κ3) is 4.83. The van der Waals surface area contributed by atoms with E-state index in [4.69, 9.17) is 21.1 Å². The number of nitrogens with zero attached hydrogens (tertiary/aromatic N) is 3. The van der Waals surface area contributed by atoms with Gasteiger partial charge in [0.15, 0.2) is 6.23 Å². The second kappa shape index (κ2) is 9.32. The maximum atomic E-state index is 12.5. The van der Waals surface area contributed by atoms with E-state index in [-0.39, 0.29) is 18.4 Å². The zero-order valence-corrected chi connectivity index (χ0v) is 17.6. The van der Waals surface area contributed by atoms with Crippen molar-refractivity contribution in [3.8, 4) is 17.2 Å². The molecule has 7 heteroatoms. The van der Waals surface area contributed by atoms with Crippen molar-refractivity contribution >= 4 is 11.6 Å². The highest BCUT2D eigenvalue weighted by Crippen LogP contribution is 2.23. The molecule has 0 amide bonds. The summed E-state index contributed by atoms with van der Waals surface area (Å²) in [5.74, 6) is 1.31. The topological polar surface area (TPSA) is 56.6 Å². The van der Waals surface area contributed by atoms with Crippen molar-refractivity contribution in [3.05, 3.63) is 82.0 Å². The summed E-state index contributed by atoms with van der Waals surface area (Å²) >= 11 is 5.83. The fourth-order valence-electron chi connectivity index (χ4n) is 3.35. The molecular weight excluding hydrogens is 402 g/mol. The van der Waals surface area contributed by atoms with Crippen LogP contribution in [0.1, 0.15) is 25.5 Å². The summed E-state index contributed by atoms with van der Waals surface area (Å²) in [5, 5.41) is 0.573. The highest BCUT2D eigenvalue weighted by atomic mass is 35.5. The summed E-state index contributed by atoms with van der Waals surface area (Å²) in [4.78, 5) is 19.1. The van der Waals surface area contributed by atoms with Crippen LogP contribution in [0.5, 0.6) is 11.5 Å². The van der Waals surface area contributed by atoms with Crippen molar-refractivity contribution in [1.29, 1.82) is 0 Å². The lowest BCUT2D eigenvalue weighted by atomic mass is 10.1. The molecule has 1 unspecified atom stereocenters. The number of halogens is 1. The molecule has 30 heavy (non-hydrogen) atoms. The molecule has 0 aliphatic carbocycles. The number of pyridine rings is 2. The van der Waals surface area contributed by atoms with Gasteiger partial charge in [0.25, 0.3) is 5.56 Å². The predicted octanol–water partition coefficient (Wildman–Crippen LogP) is 4.29. The van der Waals surface area contributed by atoms with E-state index in [2.05, 4.69) is 16.8 Å². The fourth-order valence-corrected chi connectivity index (χ4v) is 3.46. The van der Waals surface area contributed by atoms with E-state index in [9.17, 15) is 4.79 Å². The molecule has 1 atom stereocenters. The molecule has 0 bridgehead atoms. The molecule has 6 nitrogen and oxygen atoms in total. The first-order chi connectivity index (χ1) is 14.6. The van der Waals surface area contributed by atoms with Gasteiger partial charge >= 0.3 is 0 Å². The van der Waals surface area contributed by atoms with Gasteiger partial charge in [0.2, 0.25) is 0 Å². The Balaban J connectivity index is 1.39. The zero-order valence-electron chi connectivity index (χ0n) is 16.8. The molecular formula is C23H24ClN3O3. The molecule has 1 saturated heterocycles. The van der Waals surface area contributed by atoms with Gasteiger partial charge in [-0.2, -0.15) is 0 Å². The number of hydrogen-bond donors (Lipinski definition) is 0. The Morgan fingerprint density at radius 1 is 1.13 bits per heavy atom. The normalized spacial score (nSPS) is 16.1. The van der Waals surface area contributed by atoms with E-state index in [0.29, 0.717) is 10.8 Å². The number of likely N-dealkylation sites (tertiary alicyclic amines) is 1. The summed E-state index contributed by atoms with van der Waals surface area (Å²) in [6, 6.07) is 14.4. The summed E-state index contributed by atoms with van der Waals surface area (Å²) in [6.45, 7) is 4.59. The van der Waals surface area contributed by atoms with Gasteiger partial charge in [0.1, 0.15) is 18.1 Å². The molecule has 0 spiro atoms. The molecule has 0 N–H and O–H groups in total. The first kappa shape index (κ1) is 20.4. The van der Waals surface area contributed by atoms with Crippen molar-refractivity contribution in [1.82, 2.24) is 14.5 Å². The fraction of sp³-hybridized carbons (Fsp3) is 0.304. The van der Waals surface area contributed by atoms with Gasteiger partial charge in [-0.3, -0.25) is 19.2 Å². The van der Waals surface area contributed by atoms with E-state index >= 15 is 0 Å². The van der Waals surface area contributed by atoms with E-state index < -0.39 is 0 Å². The Labute approximate surface area is 180 Å². The lowest BCUT2D eigenvalue weighted by molar-refractivity contribution is -0.0539. The summed E-state index contributed by atoms with van der Waals surface area (Å²) < 4.78 is 13.3. The maximum absolute atomic E-state index is 12.5. The van der Waals surface area contributed by atoms with Crippen LogP contribution in [0, 0.1) is 0 Å². The van der Waals surface area contributed by atoms with Crippen LogP contribution >= 0.6 is 11.6 Å². The van der Waals surface area contributed by atoms with Gasteiger partial charge in [-0.1, -0.05) is 18.5 Å². The number of benzene rings is 1. The Bertz CT molecular complexity index is 1030. The summed E-state index contributed by atoms with van der Waals surface area (Å²) in [5.41, 5.74) is 1.35. The van der Waals surface area contributed by atoms with Crippen molar-refractivity contribution in [2.45, 2.75) is 32.6 Å². The lowest BCUT2D eigenvalue weighted by Gasteiger charge is -2.40. The van der Waals surface area contributed by atoms with Crippen LogP contribution < -0.4 is 15.0 Å². The summed E-state index contributed by atoms with van der Waals surface area (Å²) in [7, 11) is 0. The zero-order chi connectivity index (χ0) is 20.9. The first-order valence-corrected chi connectivity index (χ1v) is 10.5. The number of rotatable bonds is 8. The van der Waals surface area contributed by atoms with E-state index in [0.717, 1.165) is 43.1 Å². The molecule has 0 saturated carbocycles. The molecule has 3 heterocycles. The van der Waals surface area contributed by atoms with Crippen molar-refractivity contribution < 1.29 is 9.47 Å². The van der Waals surface area contributed by atoms with Crippen LogP contribution in [0.3, 0.4) is 0 Å². The second-order valence-corrected chi connectivity index (χ2v) is 7.65. The maximum Gasteiger partial charge on any atom is 0.258 e. The average Bonchev–Trinajstić information content (AvgIpc) is 2.75. The lowest BCUT2D eigenvalue weighted by Crippen LogP contribution is -2.51. The van der Waals surface area contributed by atoms with Gasteiger partial charge in [-0.05, 0) is 48.9 Å². The Hall–Kier alpha value is -2.83. The van der Waals surface area contributed by atoms with Gasteiger partial charge in [0.05, 0.1) is 10.7 Å². The monoisotopic (exact) mass is 425 g/mol. The Morgan fingerprint density at radius 3 is 2.60 bits per heavy atom. The SMILES string of the molecule is CCCN1CCC1Oc1ccc(-n2ccc(OCc3ccc(Cl)cn3)cc2=O)cc1. The Kier molecular flexibility index (Phi) is 6.35. The van der Waals surface area contributed by atoms with Gasteiger partial charge in [-0.15, -0.1) is 0 Å². The quantitative estimate of drug-likeness (QED) is 0.539. The van der Waals surface area contributed by atoms with E-state index in [1.807, 2.05) is 24.3 Å². The van der Waals surface area contributed by atoms with Crippen LogP contribution in [0.25, 0.3) is 5.69 Å². The van der Waals surface area contributed by atoms with Crippen molar-refractivity contribution in [2.75, 3.05) is 13.1 Å². The first-order valence-electron chi connectivity index (χ1n) is 10.1. The third-order valence-electron chi connectivity index (χ3n) is 5.03. The van der Waals surface area contributed by atoms with Gasteiger partial charge in [0, 0.05) is 43.7 Å². The van der Waals surface area contributed by atoms with E-state index in [1.54, 1.807) is 35.2 Å². The third-order valence-corrected chi connectivity index (χ3v) is 5.26. The molecule has 156 valence electrons. The number of hydrogen-bond acceptors (Lipinski definition) is 5. The number of aromatic nitrogens is 2. The van der Waals surface area contributed by atoms with Crippen LogP contribution in [0.2, 0.25) is 5.02 Å². The largest absolute Gasteiger partial charge is 0.487 e. The summed E-state index contributed by atoms with van der Waals surface area (Å²) in [6.07, 6.45) is 5.60. The molecule has 1 aliphatic rings. The minimum absolute atomic E-state index is 0.157. The predicted molar refractivity (Wildman–Crippen MR) is 117 cm³/mol. The molecule has 1 aliphatic heterocycles. The molecule has 2 aromatic heterocycles. The minimum Gasteiger partial charge on any atom is -0.487 e. The molecule has 3 aromatic rings. The molecule has 1 fully saturated rings. The minimum atomic E-state index is -0.168. The highest BCUT2D eigenvalue weighted by molar-refractivity contribution is 6.30. The molecule has 4 rings (SSSR count). The smallest absolute Gasteiger partial charge is 0.258 e. The van der Waals surface area contributed by atoms with Crippen LogP contribution in [0.15, 0.2) is 65.7 Å². The van der Waals surface area contributed by atoms with Crippen molar-refractivity contribution in [3.63, 3.8) is 0 Å². The second-order valence-electron chi connectivity index (χ2n) is 7.22.